The van der Waals surface area contributed by atoms with E-state index in [2.05, 4.69) is 15.1 Å². The number of benzene rings is 1. The number of methoxy groups -OCH3 is 2. The third kappa shape index (κ3) is 3.45. The van der Waals surface area contributed by atoms with Crippen molar-refractivity contribution in [2.24, 2.45) is 0 Å². The summed E-state index contributed by atoms with van der Waals surface area (Å²) in [7, 11) is 3.10. The molecule has 2 heterocycles. The predicted molar refractivity (Wildman–Crippen MR) is 98.9 cm³/mol. The molecule has 27 heavy (non-hydrogen) atoms. The van der Waals surface area contributed by atoms with E-state index < -0.39 is 0 Å². The quantitative estimate of drug-likeness (QED) is 0.723. The van der Waals surface area contributed by atoms with E-state index in [4.69, 9.17) is 14.0 Å². The zero-order chi connectivity index (χ0) is 18.8. The number of aromatic nitrogens is 3. The van der Waals surface area contributed by atoms with E-state index in [0.29, 0.717) is 34.8 Å². The van der Waals surface area contributed by atoms with E-state index in [9.17, 15) is 5.11 Å². The standard InChI is InChI=1S/C20H21N3O4/c1-25-17-10-13(7-8-16(17)24)19-22-20(27-23-19)14-9-15(12-5-3-4-6-12)21-18(11-14)26-2/h7-12,24H,3-6H2,1-2H3. The molecule has 2 aromatic heterocycles. The Hall–Kier alpha value is -3.09. The van der Waals surface area contributed by atoms with Gasteiger partial charge in [-0.2, -0.15) is 4.98 Å². The van der Waals surface area contributed by atoms with Gasteiger partial charge < -0.3 is 19.1 Å². The van der Waals surface area contributed by atoms with Crippen LogP contribution in [0.25, 0.3) is 22.8 Å². The smallest absolute Gasteiger partial charge is 0.258 e. The Morgan fingerprint density at radius 3 is 2.56 bits per heavy atom. The number of phenolic OH excluding ortho intramolecular Hbond substituents is 1. The van der Waals surface area contributed by atoms with E-state index in [1.54, 1.807) is 25.3 Å². The van der Waals surface area contributed by atoms with Crippen LogP contribution in [-0.2, 0) is 0 Å². The number of nitrogens with zero attached hydrogens (tertiary/aromatic N) is 3. The Kier molecular flexibility index (Phi) is 4.66. The van der Waals surface area contributed by atoms with Gasteiger partial charge in [0.15, 0.2) is 11.5 Å². The van der Waals surface area contributed by atoms with Crippen molar-refractivity contribution in [3.05, 3.63) is 36.0 Å². The van der Waals surface area contributed by atoms with Gasteiger partial charge in [-0.3, -0.25) is 0 Å². The fourth-order valence-electron chi connectivity index (χ4n) is 3.46. The summed E-state index contributed by atoms with van der Waals surface area (Å²) >= 11 is 0. The molecule has 7 nitrogen and oxygen atoms in total. The van der Waals surface area contributed by atoms with E-state index >= 15 is 0 Å². The molecule has 0 unspecified atom stereocenters. The first-order valence-corrected chi connectivity index (χ1v) is 8.95. The van der Waals surface area contributed by atoms with Gasteiger partial charge in [-0.25, -0.2) is 4.98 Å². The van der Waals surface area contributed by atoms with Gasteiger partial charge in [0.1, 0.15) is 0 Å². The van der Waals surface area contributed by atoms with E-state index in [1.165, 1.54) is 26.0 Å². The van der Waals surface area contributed by atoms with Gasteiger partial charge in [0.05, 0.1) is 14.2 Å². The van der Waals surface area contributed by atoms with E-state index in [-0.39, 0.29) is 5.75 Å². The zero-order valence-corrected chi connectivity index (χ0v) is 15.3. The molecule has 1 N–H and O–H groups in total. The number of aromatic hydroxyl groups is 1. The number of hydrogen-bond donors (Lipinski definition) is 1. The van der Waals surface area contributed by atoms with Crippen LogP contribution in [-0.4, -0.2) is 34.5 Å². The lowest BCUT2D eigenvalue weighted by Crippen LogP contribution is -1.99. The van der Waals surface area contributed by atoms with E-state index in [0.717, 1.165) is 24.1 Å². The normalized spacial score (nSPS) is 14.4. The average molecular weight is 367 g/mol. The molecule has 1 fully saturated rings. The largest absolute Gasteiger partial charge is 0.504 e. The van der Waals surface area contributed by atoms with Crippen LogP contribution in [0.1, 0.15) is 37.3 Å². The van der Waals surface area contributed by atoms with Crippen molar-refractivity contribution < 1.29 is 19.1 Å². The number of ether oxygens (including phenoxy) is 2. The first-order valence-electron chi connectivity index (χ1n) is 8.95. The van der Waals surface area contributed by atoms with Crippen molar-refractivity contribution in [1.82, 2.24) is 15.1 Å². The third-order valence-corrected chi connectivity index (χ3v) is 4.92. The van der Waals surface area contributed by atoms with Crippen LogP contribution >= 0.6 is 0 Å². The first-order chi connectivity index (χ1) is 13.2. The predicted octanol–water partition coefficient (Wildman–Crippen LogP) is 4.18. The number of rotatable bonds is 5. The summed E-state index contributed by atoms with van der Waals surface area (Å²) in [5.74, 6) is 2.22. The highest BCUT2D eigenvalue weighted by Crippen LogP contribution is 2.36. The lowest BCUT2D eigenvalue weighted by molar-refractivity contribution is 0.373. The topological polar surface area (TPSA) is 90.5 Å². The minimum absolute atomic E-state index is 0.0602. The highest BCUT2D eigenvalue weighted by molar-refractivity contribution is 5.63. The van der Waals surface area contributed by atoms with Crippen LogP contribution < -0.4 is 9.47 Å². The summed E-state index contributed by atoms with van der Waals surface area (Å²) in [5, 5.41) is 13.8. The van der Waals surface area contributed by atoms with Crippen LogP contribution in [0.15, 0.2) is 34.9 Å². The average Bonchev–Trinajstić information content (AvgIpc) is 3.40. The molecule has 0 saturated heterocycles. The summed E-state index contributed by atoms with van der Waals surface area (Å²) in [5.41, 5.74) is 2.48. The lowest BCUT2D eigenvalue weighted by atomic mass is 10.0. The van der Waals surface area contributed by atoms with Crippen LogP contribution in [0.2, 0.25) is 0 Å². The molecule has 0 atom stereocenters. The maximum atomic E-state index is 9.75. The molecule has 140 valence electrons. The summed E-state index contributed by atoms with van der Waals surface area (Å²) in [4.78, 5) is 9.10. The van der Waals surface area contributed by atoms with Crippen LogP contribution in [0.3, 0.4) is 0 Å². The molecule has 1 saturated carbocycles. The minimum Gasteiger partial charge on any atom is -0.504 e. The van der Waals surface area contributed by atoms with Gasteiger partial charge in [0.25, 0.3) is 5.89 Å². The van der Waals surface area contributed by atoms with Gasteiger partial charge in [-0.15, -0.1) is 0 Å². The van der Waals surface area contributed by atoms with Gasteiger partial charge in [0.2, 0.25) is 11.7 Å². The van der Waals surface area contributed by atoms with Crippen molar-refractivity contribution in [3.8, 4) is 40.2 Å². The van der Waals surface area contributed by atoms with Crippen LogP contribution in [0.5, 0.6) is 17.4 Å². The molecule has 0 radical (unpaired) electrons. The fourth-order valence-corrected chi connectivity index (χ4v) is 3.46. The fraction of sp³-hybridized carbons (Fsp3) is 0.350. The number of pyridine rings is 1. The molecule has 0 amide bonds. The van der Waals surface area contributed by atoms with E-state index in [1.807, 2.05) is 6.07 Å². The molecule has 0 aliphatic heterocycles. The van der Waals surface area contributed by atoms with Gasteiger partial charge in [-0.1, -0.05) is 18.0 Å². The maximum Gasteiger partial charge on any atom is 0.258 e. The summed E-state index contributed by atoms with van der Waals surface area (Å²) in [6, 6.07) is 8.73. The SMILES string of the molecule is COc1cc(-c2nc(-c3ccc(O)c(OC)c3)no2)cc(C2CCCC2)n1. The Bertz CT molecular complexity index is 948. The number of hydrogen-bond acceptors (Lipinski definition) is 7. The Morgan fingerprint density at radius 1 is 1.00 bits per heavy atom. The monoisotopic (exact) mass is 367 g/mol. The van der Waals surface area contributed by atoms with Gasteiger partial charge in [0, 0.05) is 28.8 Å². The highest BCUT2D eigenvalue weighted by Gasteiger charge is 2.21. The van der Waals surface area contributed by atoms with Crippen molar-refractivity contribution in [2.75, 3.05) is 14.2 Å². The zero-order valence-electron chi connectivity index (χ0n) is 15.3. The molecule has 0 bridgehead atoms. The van der Waals surface area contributed by atoms with Crippen molar-refractivity contribution >= 4 is 0 Å². The Morgan fingerprint density at radius 2 is 1.81 bits per heavy atom. The summed E-state index contributed by atoms with van der Waals surface area (Å²) in [6.07, 6.45) is 4.74. The lowest BCUT2D eigenvalue weighted by Gasteiger charge is -2.11. The Balaban J connectivity index is 1.69. The van der Waals surface area contributed by atoms with Crippen LogP contribution in [0.4, 0.5) is 0 Å². The summed E-state index contributed by atoms with van der Waals surface area (Å²) < 4.78 is 16.0. The maximum absolute atomic E-state index is 9.75. The minimum atomic E-state index is 0.0602. The second-order valence-corrected chi connectivity index (χ2v) is 6.61. The molecular weight excluding hydrogens is 346 g/mol. The van der Waals surface area contributed by atoms with Gasteiger partial charge >= 0.3 is 0 Å². The molecule has 1 aliphatic carbocycles. The van der Waals surface area contributed by atoms with Crippen molar-refractivity contribution in [1.29, 1.82) is 0 Å². The van der Waals surface area contributed by atoms with Crippen molar-refractivity contribution in [2.45, 2.75) is 31.6 Å². The number of phenols is 1. The molecular formula is C20H21N3O4. The van der Waals surface area contributed by atoms with Crippen molar-refractivity contribution in [3.63, 3.8) is 0 Å². The molecule has 3 aromatic rings. The van der Waals surface area contributed by atoms with Crippen LogP contribution in [0, 0.1) is 0 Å². The molecule has 7 heteroatoms. The summed E-state index contributed by atoms with van der Waals surface area (Å²) in [6.45, 7) is 0. The molecule has 0 spiro atoms. The van der Waals surface area contributed by atoms with Gasteiger partial charge in [-0.05, 0) is 37.1 Å². The Labute approximate surface area is 157 Å². The molecule has 1 aliphatic rings. The second kappa shape index (κ2) is 7.26. The third-order valence-electron chi connectivity index (χ3n) is 4.92. The second-order valence-electron chi connectivity index (χ2n) is 6.61. The highest BCUT2D eigenvalue weighted by atomic mass is 16.5. The first kappa shape index (κ1) is 17.3. The molecule has 4 rings (SSSR count). The molecule has 1 aromatic carbocycles.